The Kier molecular flexibility index (Phi) is 4.62. The van der Waals surface area contributed by atoms with E-state index in [0.29, 0.717) is 6.04 Å². The summed E-state index contributed by atoms with van der Waals surface area (Å²) in [6, 6.07) is 18.1. The van der Waals surface area contributed by atoms with Crippen molar-refractivity contribution in [2.45, 2.75) is 12.5 Å². The number of pyridine rings is 1. The zero-order chi connectivity index (χ0) is 18.1. The van der Waals surface area contributed by atoms with Crippen LogP contribution in [0.15, 0.2) is 66.3 Å². The van der Waals surface area contributed by atoms with Crippen LogP contribution in [-0.2, 0) is 0 Å². The van der Waals surface area contributed by atoms with Crippen molar-refractivity contribution >= 4 is 32.2 Å². The van der Waals surface area contributed by atoms with Crippen LogP contribution in [-0.4, -0.2) is 36.1 Å². The van der Waals surface area contributed by atoms with E-state index >= 15 is 0 Å². The Hall–Kier alpha value is -2.27. The molecule has 1 aliphatic heterocycles. The van der Waals surface area contributed by atoms with Crippen LogP contribution in [0.5, 0.6) is 0 Å². The van der Waals surface area contributed by atoms with Crippen molar-refractivity contribution in [2.24, 2.45) is 0 Å². The molecule has 2 aromatic carbocycles. The van der Waals surface area contributed by atoms with E-state index in [1.54, 1.807) is 0 Å². The Bertz CT molecular complexity index is 1060. The Morgan fingerprint density at radius 3 is 2.96 bits per heavy atom. The average Bonchev–Trinajstić information content (AvgIpc) is 2.95. The van der Waals surface area contributed by atoms with Gasteiger partial charge in [0, 0.05) is 42.1 Å². The van der Waals surface area contributed by atoms with Crippen LogP contribution in [0.3, 0.4) is 0 Å². The van der Waals surface area contributed by atoms with Gasteiger partial charge in [0.2, 0.25) is 0 Å². The summed E-state index contributed by atoms with van der Waals surface area (Å²) >= 11 is 1.86. The van der Waals surface area contributed by atoms with Crippen LogP contribution in [0.1, 0.15) is 23.6 Å². The molecule has 3 heterocycles. The SMILES string of the molecule is c1ccc2c(C(c3ccc4cnccc4c3)N3CCCNCC3)csc2c1. The molecule has 27 heavy (non-hydrogen) atoms. The number of rotatable bonds is 3. The summed E-state index contributed by atoms with van der Waals surface area (Å²) in [6.07, 6.45) is 5.02. The predicted molar refractivity (Wildman–Crippen MR) is 114 cm³/mol. The summed E-state index contributed by atoms with van der Waals surface area (Å²) in [5.74, 6) is 0. The van der Waals surface area contributed by atoms with Gasteiger partial charge in [0.05, 0.1) is 6.04 Å². The van der Waals surface area contributed by atoms with Crippen molar-refractivity contribution in [3.63, 3.8) is 0 Å². The van der Waals surface area contributed by atoms with Gasteiger partial charge < -0.3 is 5.32 Å². The minimum absolute atomic E-state index is 0.290. The zero-order valence-corrected chi connectivity index (χ0v) is 16.1. The summed E-state index contributed by atoms with van der Waals surface area (Å²) in [5, 5.41) is 9.77. The number of thiophene rings is 1. The van der Waals surface area contributed by atoms with Gasteiger partial charge in [-0.3, -0.25) is 9.88 Å². The van der Waals surface area contributed by atoms with Gasteiger partial charge in [0.25, 0.3) is 0 Å². The highest BCUT2D eigenvalue weighted by Crippen LogP contribution is 2.38. The number of nitrogens with one attached hydrogen (secondary N) is 1. The van der Waals surface area contributed by atoms with Crippen LogP contribution in [0.25, 0.3) is 20.9 Å². The Morgan fingerprint density at radius 2 is 1.96 bits per heavy atom. The van der Waals surface area contributed by atoms with Gasteiger partial charge in [-0.2, -0.15) is 0 Å². The highest BCUT2D eigenvalue weighted by molar-refractivity contribution is 7.17. The third kappa shape index (κ3) is 3.25. The molecule has 1 fully saturated rings. The second-order valence-electron chi connectivity index (χ2n) is 7.21. The fourth-order valence-electron chi connectivity index (χ4n) is 4.19. The topological polar surface area (TPSA) is 28.2 Å². The molecule has 0 saturated carbocycles. The number of benzene rings is 2. The smallest absolute Gasteiger partial charge is 0.0616 e. The second kappa shape index (κ2) is 7.39. The molecule has 0 spiro atoms. The molecule has 0 bridgehead atoms. The van der Waals surface area contributed by atoms with Crippen molar-refractivity contribution < 1.29 is 0 Å². The largest absolute Gasteiger partial charge is 0.315 e. The van der Waals surface area contributed by atoms with E-state index in [-0.39, 0.29) is 0 Å². The fraction of sp³-hybridized carbons (Fsp3) is 0.261. The molecule has 1 unspecified atom stereocenters. The summed E-state index contributed by atoms with van der Waals surface area (Å²) in [7, 11) is 0. The van der Waals surface area contributed by atoms with Gasteiger partial charge >= 0.3 is 0 Å². The van der Waals surface area contributed by atoms with Crippen LogP contribution in [0, 0.1) is 0 Å². The first-order valence-electron chi connectivity index (χ1n) is 9.65. The van der Waals surface area contributed by atoms with E-state index in [4.69, 9.17) is 0 Å². The molecule has 4 heteroatoms. The summed E-state index contributed by atoms with van der Waals surface area (Å²) < 4.78 is 1.37. The quantitative estimate of drug-likeness (QED) is 0.557. The van der Waals surface area contributed by atoms with Gasteiger partial charge in [-0.25, -0.2) is 0 Å². The van der Waals surface area contributed by atoms with Crippen molar-refractivity contribution in [2.75, 3.05) is 26.2 Å². The van der Waals surface area contributed by atoms with Crippen molar-refractivity contribution in [1.82, 2.24) is 15.2 Å². The molecule has 2 aromatic heterocycles. The van der Waals surface area contributed by atoms with E-state index in [9.17, 15) is 0 Å². The number of hydrogen-bond donors (Lipinski definition) is 1. The first-order chi connectivity index (χ1) is 13.4. The molecule has 0 aliphatic carbocycles. The van der Waals surface area contributed by atoms with Gasteiger partial charge in [-0.15, -0.1) is 11.3 Å². The van der Waals surface area contributed by atoms with Crippen LogP contribution >= 0.6 is 11.3 Å². The molecule has 0 radical (unpaired) electrons. The molecule has 0 amide bonds. The lowest BCUT2D eigenvalue weighted by Crippen LogP contribution is -2.32. The predicted octanol–water partition coefficient (Wildman–Crippen LogP) is 4.83. The van der Waals surface area contributed by atoms with Gasteiger partial charge in [-0.1, -0.05) is 30.3 Å². The maximum atomic E-state index is 4.26. The van der Waals surface area contributed by atoms with Crippen LogP contribution in [0.2, 0.25) is 0 Å². The van der Waals surface area contributed by atoms with Gasteiger partial charge in [0.15, 0.2) is 0 Å². The minimum Gasteiger partial charge on any atom is -0.315 e. The van der Waals surface area contributed by atoms with E-state index in [1.807, 2.05) is 23.7 Å². The zero-order valence-electron chi connectivity index (χ0n) is 15.3. The van der Waals surface area contributed by atoms with Crippen LogP contribution < -0.4 is 5.32 Å². The van der Waals surface area contributed by atoms with Crippen molar-refractivity contribution in [1.29, 1.82) is 0 Å². The molecule has 4 aromatic rings. The molecule has 3 nitrogen and oxygen atoms in total. The van der Waals surface area contributed by atoms with Crippen LogP contribution in [0.4, 0.5) is 0 Å². The first-order valence-corrected chi connectivity index (χ1v) is 10.5. The summed E-state index contributed by atoms with van der Waals surface area (Å²) in [5.41, 5.74) is 2.81. The highest BCUT2D eigenvalue weighted by atomic mass is 32.1. The number of aromatic nitrogens is 1. The van der Waals surface area contributed by atoms with E-state index in [0.717, 1.165) is 26.2 Å². The van der Waals surface area contributed by atoms with Crippen molar-refractivity contribution in [3.05, 3.63) is 77.4 Å². The van der Waals surface area contributed by atoms with E-state index in [1.165, 1.54) is 38.4 Å². The Morgan fingerprint density at radius 1 is 1.00 bits per heavy atom. The monoisotopic (exact) mass is 373 g/mol. The molecule has 1 aliphatic rings. The third-order valence-corrected chi connectivity index (χ3v) is 6.51. The number of fused-ring (bicyclic) bond motifs is 2. The average molecular weight is 374 g/mol. The van der Waals surface area contributed by atoms with Crippen molar-refractivity contribution in [3.8, 4) is 0 Å². The first kappa shape index (κ1) is 16.9. The maximum absolute atomic E-state index is 4.26. The fourth-order valence-corrected chi connectivity index (χ4v) is 5.17. The second-order valence-corrected chi connectivity index (χ2v) is 8.12. The standard InChI is InChI=1S/C23H23N3S/c1-2-5-22-20(4-1)21(16-27-22)23(26-12-3-9-24-11-13-26)18-6-7-19-15-25-10-8-17(19)14-18/h1-2,4-8,10,14-16,23-24H,3,9,11-13H2. The lowest BCUT2D eigenvalue weighted by molar-refractivity contribution is 0.242. The Labute approximate surface area is 163 Å². The highest BCUT2D eigenvalue weighted by Gasteiger charge is 2.25. The molecular formula is C23H23N3S. The minimum atomic E-state index is 0.290. The third-order valence-electron chi connectivity index (χ3n) is 5.53. The summed E-state index contributed by atoms with van der Waals surface area (Å²) in [6.45, 7) is 4.35. The molecule has 1 saturated heterocycles. The van der Waals surface area contributed by atoms with Gasteiger partial charge in [0.1, 0.15) is 0 Å². The number of hydrogen-bond acceptors (Lipinski definition) is 4. The number of nitrogens with zero attached hydrogens (tertiary/aromatic N) is 2. The molecular weight excluding hydrogens is 350 g/mol. The summed E-state index contributed by atoms with van der Waals surface area (Å²) in [4.78, 5) is 6.91. The molecule has 1 N–H and O–H groups in total. The molecule has 1 atom stereocenters. The van der Waals surface area contributed by atoms with E-state index < -0.39 is 0 Å². The normalized spacial score (nSPS) is 17.2. The van der Waals surface area contributed by atoms with Gasteiger partial charge in [-0.05, 0) is 58.4 Å². The van der Waals surface area contributed by atoms with E-state index in [2.05, 4.69) is 69.1 Å². The Balaban J connectivity index is 1.66. The lowest BCUT2D eigenvalue weighted by Gasteiger charge is -2.31. The molecule has 5 rings (SSSR count). The maximum Gasteiger partial charge on any atom is 0.0616 e. The lowest BCUT2D eigenvalue weighted by atomic mass is 9.94. The molecule has 136 valence electrons.